The van der Waals surface area contributed by atoms with E-state index < -0.39 is 0 Å². The van der Waals surface area contributed by atoms with E-state index in [2.05, 4.69) is 4.57 Å². The van der Waals surface area contributed by atoms with Gasteiger partial charge < -0.3 is 9.30 Å². The molecule has 4 heterocycles. The first kappa shape index (κ1) is 19.8. The number of hydrogen-bond donors (Lipinski definition) is 0. The van der Waals surface area contributed by atoms with Crippen molar-refractivity contribution in [2.75, 3.05) is 6.61 Å². The van der Waals surface area contributed by atoms with E-state index in [-0.39, 0.29) is 23.9 Å². The number of fused-ring (bicyclic) bond motifs is 3. The van der Waals surface area contributed by atoms with Crippen LogP contribution in [0.3, 0.4) is 0 Å². The Labute approximate surface area is 179 Å². The average molecular weight is 422 g/mol. The zero-order valence-corrected chi connectivity index (χ0v) is 18.4. The second-order valence-electron chi connectivity index (χ2n) is 8.50. The van der Waals surface area contributed by atoms with Gasteiger partial charge in [-0.2, -0.15) is 4.98 Å². The molecule has 1 atom stereocenters. The number of rotatable bonds is 4. The fourth-order valence-electron chi connectivity index (χ4n) is 4.62. The van der Waals surface area contributed by atoms with E-state index >= 15 is 0 Å². The van der Waals surface area contributed by atoms with Crippen LogP contribution in [-0.4, -0.2) is 35.8 Å². The molecule has 5 rings (SSSR count). The van der Waals surface area contributed by atoms with Gasteiger partial charge in [0.15, 0.2) is 11.2 Å². The van der Waals surface area contributed by atoms with Crippen LogP contribution in [0.2, 0.25) is 0 Å². The monoisotopic (exact) mass is 421 g/mol. The van der Waals surface area contributed by atoms with E-state index in [0.29, 0.717) is 23.5 Å². The van der Waals surface area contributed by atoms with Crippen LogP contribution in [0.25, 0.3) is 16.9 Å². The predicted molar refractivity (Wildman–Crippen MR) is 119 cm³/mol. The van der Waals surface area contributed by atoms with Crippen molar-refractivity contribution in [2.24, 2.45) is 7.05 Å². The van der Waals surface area contributed by atoms with Gasteiger partial charge in [0.1, 0.15) is 0 Å². The lowest BCUT2D eigenvalue weighted by molar-refractivity contribution is 0.0974. The van der Waals surface area contributed by atoms with E-state index in [1.807, 2.05) is 49.4 Å². The lowest BCUT2D eigenvalue weighted by Crippen LogP contribution is -2.39. The summed E-state index contributed by atoms with van der Waals surface area (Å²) in [6.45, 7) is 7.73. The van der Waals surface area contributed by atoms with Gasteiger partial charge in [-0.25, -0.2) is 4.79 Å². The van der Waals surface area contributed by atoms with Gasteiger partial charge in [0.25, 0.3) is 5.56 Å². The number of aromatic nitrogens is 5. The fraction of sp³-hybridized carbons (Fsp3) is 0.435. The molecule has 0 saturated carbocycles. The SMILES string of the molecule is Cc1ccccc1Cn1c(=O)c2c(nc3n(C[C@@H]4CCCO4)c(C)c(C)n23)n(C)c1=O. The lowest BCUT2D eigenvalue weighted by Gasteiger charge is -2.12. The number of hydrogen-bond acceptors (Lipinski definition) is 4. The molecular formula is C23H27N5O3. The lowest BCUT2D eigenvalue weighted by atomic mass is 10.1. The summed E-state index contributed by atoms with van der Waals surface area (Å²) in [6, 6.07) is 7.81. The van der Waals surface area contributed by atoms with Crippen LogP contribution in [0.4, 0.5) is 0 Å². The van der Waals surface area contributed by atoms with Crippen molar-refractivity contribution in [1.82, 2.24) is 23.1 Å². The molecule has 1 aliphatic heterocycles. The first-order valence-corrected chi connectivity index (χ1v) is 10.7. The molecule has 31 heavy (non-hydrogen) atoms. The van der Waals surface area contributed by atoms with Crippen LogP contribution in [0.15, 0.2) is 33.9 Å². The Morgan fingerprint density at radius 3 is 2.58 bits per heavy atom. The maximum atomic E-state index is 13.6. The van der Waals surface area contributed by atoms with Crippen molar-refractivity contribution >= 4 is 16.9 Å². The molecule has 8 heteroatoms. The van der Waals surface area contributed by atoms with Crippen LogP contribution >= 0.6 is 0 Å². The molecule has 1 saturated heterocycles. The molecule has 1 aliphatic rings. The Balaban J connectivity index is 1.75. The summed E-state index contributed by atoms with van der Waals surface area (Å²) in [4.78, 5) is 31.4. The normalized spacial score (nSPS) is 16.7. The topological polar surface area (TPSA) is 75.5 Å². The zero-order chi connectivity index (χ0) is 21.9. The van der Waals surface area contributed by atoms with Gasteiger partial charge in [-0.05, 0) is 44.7 Å². The second-order valence-corrected chi connectivity index (χ2v) is 8.50. The van der Waals surface area contributed by atoms with Crippen molar-refractivity contribution < 1.29 is 4.74 Å². The maximum Gasteiger partial charge on any atom is 0.332 e. The number of aryl methyl sites for hydroxylation is 3. The number of nitrogens with zero attached hydrogens (tertiary/aromatic N) is 5. The molecule has 0 aliphatic carbocycles. The third-order valence-electron chi connectivity index (χ3n) is 6.63. The Morgan fingerprint density at radius 2 is 1.87 bits per heavy atom. The smallest absolute Gasteiger partial charge is 0.332 e. The molecule has 162 valence electrons. The van der Waals surface area contributed by atoms with E-state index in [0.717, 1.165) is 42.0 Å². The largest absolute Gasteiger partial charge is 0.376 e. The number of ether oxygens (including phenoxy) is 1. The Hall–Kier alpha value is -3.13. The summed E-state index contributed by atoms with van der Waals surface area (Å²) in [5.41, 5.74) is 4.18. The molecule has 0 unspecified atom stereocenters. The summed E-state index contributed by atoms with van der Waals surface area (Å²) in [7, 11) is 1.68. The molecule has 0 amide bonds. The van der Waals surface area contributed by atoms with Crippen LogP contribution in [0.5, 0.6) is 0 Å². The number of benzene rings is 1. The highest BCUT2D eigenvalue weighted by Gasteiger charge is 2.25. The van der Waals surface area contributed by atoms with Crippen LogP contribution in [0.1, 0.15) is 35.4 Å². The molecule has 3 aromatic heterocycles. The van der Waals surface area contributed by atoms with Gasteiger partial charge in [0, 0.05) is 25.0 Å². The summed E-state index contributed by atoms with van der Waals surface area (Å²) < 4.78 is 12.6. The quantitative estimate of drug-likeness (QED) is 0.507. The van der Waals surface area contributed by atoms with Crippen LogP contribution < -0.4 is 11.2 Å². The highest BCUT2D eigenvalue weighted by Crippen LogP contribution is 2.23. The van der Waals surface area contributed by atoms with Gasteiger partial charge in [-0.1, -0.05) is 24.3 Å². The molecule has 1 aromatic carbocycles. The van der Waals surface area contributed by atoms with E-state index in [4.69, 9.17) is 9.72 Å². The first-order chi connectivity index (χ1) is 14.9. The van der Waals surface area contributed by atoms with Crippen LogP contribution in [0, 0.1) is 20.8 Å². The van der Waals surface area contributed by atoms with Crippen molar-refractivity contribution in [3.05, 3.63) is 67.6 Å². The molecule has 4 aromatic rings. The van der Waals surface area contributed by atoms with E-state index in [9.17, 15) is 9.59 Å². The minimum Gasteiger partial charge on any atom is -0.376 e. The van der Waals surface area contributed by atoms with Gasteiger partial charge in [-0.3, -0.25) is 18.3 Å². The Kier molecular flexibility index (Phi) is 4.62. The highest BCUT2D eigenvalue weighted by atomic mass is 16.5. The maximum absolute atomic E-state index is 13.6. The summed E-state index contributed by atoms with van der Waals surface area (Å²) in [5.74, 6) is 0.682. The standard InChI is InChI=1S/C23H27N5O3/c1-14-8-5-6-9-17(14)12-27-21(29)19-20(25(4)23(27)30)24-22-26(13-18-10-7-11-31-18)15(2)16(3)28(19)22/h5-6,8-9,18H,7,10-13H2,1-4H3/t18-/m0/s1. The molecule has 1 fully saturated rings. The van der Waals surface area contributed by atoms with Crippen molar-refractivity contribution in [3.63, 3.8) is 0 Å². The fourth-order valence-corrected chi connectivity index (χ4v) is 4.62. The Morgan fingerprint density at radius 1 is 1.10 bits per heavy atom. The van der Waals surface area contributed by atoms with E-state index in [1.165, 1.54) is 9.13 Å². The summed E-state index contributed by atoms with van der Waals surface area (Å²) in [5, 5.41) is 0. The summed E-state index contributed by atoms with van der Waals surface area (Å²) in [6.07, 6.45) is 2.23. The van der Waals surface area contributed by atoms with E-state index in [1.54, 1.807) is 7.05 Å². The van der Waals surface area contributed by atoms with Crippen molar-refractivity contribution in [3.8, 4) is 0 Å². The number of imidazole rings is 2. The minimum absolute atomic E-state index is 0.149. The molecule has 8 nitrogen and oxygen atoms in total. The third kappa shape index (κ3) is 2.96. The van der Waals surface area contributed by atoms with Crippen molar-refractivity contribution in [1.29, 1.82) is 0 Å². The van der Waals surface area contributed by atoms with Gasteiger partial charge >= 0.3 is 5.69 Å². The van der Waals surface area contributed by atoms with Crippen molar-refractivity contribution in [2.45, 2.75) is 52.8 Å². The zero-order valence-electron chi connectivity index (χ0n) is 18.4. The molecule has 0 bridgehead atoms. The third-order valence-corrected chi connectivity index (χ3v) is 6.63. The van der Waals surface area contributed by atoms with Gasteiger partial charge in [-0.15, -0.1) is 0 Å². The molecule has 0 spiro atoms. The van der Waals surface area contributed by atoms with Gasteiger partial charge in [0.2, 0.25) is 5.78 Å². The Bertz CT molecular complexity index is 1430. The molecule has 0 radical (unpaired) electrons. The molecule has 0 N–H and O–H groups in total. The van der Waals surface area contributed by atoms with Crippen LogP contribution in [-0.2, 0) is 24.9 Å². The first-order valence-electron chi connectivity index (χ1n) is 10.7. The summed E-state index contributed by atoms with van der Waals surface area (Å²) >= 11 is 0. The van der Waals surface area contributed by atoms with Gasteiger partial charge in [0.05, 0.1) is 19.2 Å². The predicted octanol–water partition coefficient (Wildman–Crippen LogP) is 2.30. The second kappa shape index (κ2) is 7.23. The average Bonchev–Trinajstić information content (AvgIpc) is 3.46. The molecular weight excluding hydrogens is 394 g/mol. The highest BCUT2D eigenvalue weighted by molar-refractivity contribution is 5.76. The minimum atomic E-state index is -0.360.